The molecule has 0 saturated carbocycles. The van der Waals surface area contributed by atoms with Gasteiger partial charge in [0.2, 0.25) is 5.91 Å². The van der Waals surface area contributed by atoms with Crippen molar-refractivity contribution in [3.63, 3.8) is 0 Å². The summed E-state index contributed by atoms with van der Waals surface area (Å²) in [5, 5.41) is 9.29. The number of rotatable bonds is 5. The van der Waals surface area contributed by atoms with Crippen LogP contribution in [0.2, 0.25) is 0 Å². The summed E-state index contributed by atoms with van der Waals surface area (Å²) in [5.41, 5.74) is 0. The molecule has 3 atom stereocenters. The van der Waals surface area contributed by atoms with E-state index < -0.39 is 17.8 Å². The van der Waals surface area contributed by atoms with E-state index in [1.54, 1.807) is 0 Å². The second-order valence-electron chi connectivity index (χ2n) is 5.91. The molecular weight excluding hydrogens is 270 g/mol. The molecule has 1 aliphatic heterocycles. The standard InChI is InChI=1S/C16H25NO4/c1-2-10-21-12-6-5-9-17(11-12)15(18)13-7-3-4-8-14(13)16(19)20/h3-4,12-14H,2,5-11H2,1H3,(H,19,20). The molecular formula is C16H25NO4. The van der Waals surface area contributed by atoms with Crippen LogP contribution in [0.25, 0.3) is 0 Å². The predicted molar refractivity (Wildman–Crippen MR) is 78.8 cm³/mol. The molecule has 118 valence electrons. The van der Waals surface area contributed by atoms with Gasteiger partial charge in [0, 0.05) is 19.7 Å². The van der Waals surface area contributed by atoms with E-state index in [2.05, 4.69) is 6.92 Å². The first kappa shape index (κ1) is 16.0. The summed E-state index contributed by atoms with van der Waals surface area (Å²) in [6, 6.07) is 0. The maximum absolute atomic E-state index is 12.7. The number of piperidine rings is 1. The Kier molecular flexibility index (Phi) is 5.79. The molecule has 1 aliphatic carbocycles. The first-order valence-electron chi connectivity index (χ1n) is 7.91. The van der Waals surface area contributed by atoms with Gasteiger partial charge in [-0.2, -0.15) is 0 Å². The van der Waals surface area contributed by atoms with Crippen LogP contribution < -0.4 is 0 Å². The molecule has 1 heterocycles. The number of carbonyl (C=O) groups is 2. The summed E-state index contributed by atoms with van der Waals surface area (Å²) >= 11 is 0. The van der Waals surface area contributed by atoms with Crippen LogP contribution in [-0.4, -0.2) is 47.7 Å². The topological polar surface area (TPSA) is 66.8 Å². The number of hydrogen-bond acceptors (Lipinski definition) is 3. The normalized spacial score (nSPS) is 29.4. The van der Waals surface area contributed by atoms with Crippen LogP contribution in [0.3, 0.4) is 0 Å². The van der Waals surface area contributed by atoms with Crippen LogP contribution >= 0.6 is 0 Å². The zero-order valence-electron chi connectivity index (χ0n) is 12.7. The lowest BCUT2D eigenvalue weighted by molar-refractivity contribution is -0.152. The van der Waals surface area contributed by atoms with Crippen LogP contribution in [0.4, 0.5) is 0 Å². The molecule has 0 aromatic carbocycles. The molecule has 2 rings (SSSR count). The Balaban J connectivity index is 1.97. The van der Waals surface area contributed by atoms with Crippen molar-refractivity contribution in [2.75, 3.05) is 19.7 Å². The fourth-order valence-corrected chi connectivity index (χ4v) is 3.15. The summed E-state index contributed by atoms with van der Waals surface area (Å²) in [6.07, 6.45) is 7.77. The van der Waals surface area contributed by atoms with Gasteiger partial charge in [0.15, 0.2) is 0 Å². The first-order valence-corrected chi connectivity index (χ1v) is 7.91. The SMILES string of the molecule is CCCOC1CCCN(C(=O)C2CC=CCC2C(=O)O)C1. The predicted octanol–water partition coefficient (Wildman–Crippen LogP) is 2.07. The van der Waals surface area contributed by atoms with Crippen LogP contribution in [0.5, 0.6) is 0 Å². The van der Waals surface area contributed by atoms with Gasteiger partial charge in [-0.05, 0) is 32.1 Å². The molecule has 1 saturated heterocycles. The molecule has 5 heteroatoms. The number of ether oxygens (including phenoxy) is 1. The molecule has 3 unspecified atom stereocenters. The average Bonchev–Trinajstić information content (AvgIpc) is 2.52. The van der Waals surface area contributed by atoms with Crippen LogP contribution in [0.15, 0.2) is 12.2 Å². The second kappa shape index (κ2) is 7.59. The summed E-state index contributed by atoms with van der Waals surface area (Å²) in [7, 11) is 0. The lowest BCUT2D eigenvalue weighted by atomic mass is 9.81. The summed E-state index contributed by atoms with van der Waals surface area (Å²) in [6.45, 7) is 4.11. The van der Waals surface area contributed by atoms with E-state index in [4.69, 9.17) is 4.74 Å². The highest BCUT2D eigenvalue weighted by Gasteiger charge is 2.37. The van der Waals surface area contributed by atoms with Crippen LogP contribution in [-0.2, 0) is 14.3 Å². The minimum absolute atomic E-state index is 0.0171. The van der Waals surface area contributed by atoms with E-state index in [-0.39, 0.29) is 12.0 Å². The molecule has 21 heavy (non-hydrogen) atoms. The molecule has 0 bridgehead atoms. The molecule has 0 radical (unpaired) electrons. The number of nitrogens with zero attached hydrogens (tertiary/aromatic N) is 1. The van der Waals surface area contributed by atoms with Crippen molar-refractivity contribution in [3.8, 4) is 0 Å². The van der Waals surface area contributed by atoms with Gasteiger partial charge in [0.25, 0.3) is 0 Å². The Bertz CT molecular complexity index is 407. The third-order valence-electron chi connectivity index (χ3n) is 4.31. The first-order chi connectivity index (χ1) is 10.1. The molecule has 0 spiro atoms. The number of carboxylic acid groups (broad SMARTS) is 1. The number of hydrogen-bond donors (Lipinski definition) is 1. The van der Waals surface area contributed by atoms with E-state index in [1.807, 2.05) is 17.1 Å². The molecule has 1 amide bonds. The van der Waals surface area contributed by atoms with Gasteiger partial charge in [-0.15, -0.1) is 0 Å². The minimum Gasteiger partial charge on any atom is -0.481 e. The van der Waals surface area contributed by atoms with Gasteiger partial charge in [0.05, 0.1) is 17.9 Å². The maximum atomic E-state index is 12.7. The van der Waals surface area contributed by atoms with Crippen molar-refractivity contribution in [2.45, 2.75) is 45.1 Å². The van der Waals surface area contributed by atoms with Crippen LogP contribution in [0.1, 0.15) is 39.0 Å². The molecule has 1 N–H and O–H groups in total. The zero-order valence-corrected chi connectivity index (χ0v) is 12.7. The van der Waals surface area contributed by atoms with Gasteiger partial charge >= 0.3 is 5.97 Å². The highest BCUT2D eigenvalue weighted by atomic mass is 16.5. The number of aliphatic carboxylic acids is 1. The maximum Gasteiger partial charge on any atom is 0.307 e. The summed E-state index contributed by atoms with van der Waals surface area (Å²) < 4.78 is 5.75. The number of carboxylic acids is 1. The molecule has 2 aliphatic rings. The van der Waals surface area contributed by atoms with E-state index >= 15 is 0 Å². The highest BCUT2D eigenvalue weighted by Crippen LogP contribution is 2.29. The zero-order chi connectivity index (χ0) is 15.2. The van der Waals surface area contributed by atoms with E-state index in [9.17, 15) is 14.7 Å². The molecule has 5 nitrogen and oxygen atoms in total. The van der Waals surface area contributed by atoms with Crippen molar-refractivity contribution < 1.29 is 19.4 Å². The fraction of sp³-hybridized carbons (Fsp3) is 0.750. The summed E-state index contributed by atoms with van der Waals surface area (Å²) in [5.74, 6) is -1.89. The Morgan fingerprint density at radius 3 is 2.67 bits per heavy atom. The van der Waals surface area contributed by atoms with E-state index in [0.29, 0.717) is 19.4 Å². The van der Waals surface area contributed by atoms with E-state index in [0.717, 1.165) is 32.4 Å². The average molecular weight is 295 g/mol. The Morgan fingerprint density at radius 1 is 1.29 bits per heavy atom. The quantitative estimate of drug-likeness (QED) is 0.789. The van der Waals surface area contributed by atoms with Gasteiger partial charge in [-0.1, -0.05) is 19.1 Å². The summed E-state index contributed by atoms with van der Waals surface area (Å²) in [4.78, 5) is 25.8. The molecule has 0 aromatic heterocycles. The molecule has 0 aromatic rings. The molecule has 1 fully saturated rings. The van der Waals surface area contributed by atoms with Crippen molar-refractivity contribution in [1.82, 2.24) is 4.90 Å². The Hall–Kier alpha value is -1.36. The third kappa shape index (κ3) is 4.06. The second-order valence-corrected chi connectivity index (χ2v) is 5.91. The Labute approximate surface area is 126 Å². The minimum atomic E-state index is -0.867. The van der Waals surface area contributed by atoms with Gasteiger partial charge in [-0.3, -0.25) is 9.59 Å². The van der Waals surface area contributed by atoms with Crippen molar-refractivity contribution in [3.05, 3.63) is 12.2 Å². The van der Waals surface area contributed by atoms with Gasteiger partial charge in [0.1, 0.15) is 0 Å². The largest absolute Gasteiger partial charge is 0.481 e. The van der Waals surface area contributed by atoms with Crippen LogP contribution in [0, 0.1) is 11.8 Å². The fourth-order valence-electron chi connectivity index (χ4n) is 3.15. The number of amides is 1. The lowest BCUT2D eigenvalue weighted by Crippen LogP contribution is -2.48. The van der Waals surface area contributed by atoms with Crippen molar-refractivity contribution >= 4 is 11.9 Å². The third-order valence-corrected chi connectivity index (χ3v) is 4.31. The monoisotopic (exact) mass is 295 g/mol. The highest BCUT2D eigenvalue weighted by molar-refractivity contribution is 5.85. The smallest absolute Gasteiger partial charge is 0.307 e. The lowest BCUT2D eigenvalue weighted by Gasteiger charge is -2.36. The van der Waals surface area contributed by atoms with Gasteiger partial charge < -0.3 is 14.7 Å². The van der Waals surface area contributed by atoms with Crippen molar-refractivity contribution in [2.24, 2.45) is 11.8 Å². The van der Waals surface area contributed by atoms with Crippen molar-refractivity contribution in [1.29, 1.82) is 0 Å². The number of likely N-dealkylation sites (tertiary alicyclic amines) is 1. The number of allylic oxidation sites excluding steroid dienone is 2. The Morgan fingerprint density at radius 2 is 2.00 bits per heavy atom. The number of carbonyl (C=O) groups excluding carboxylic acids is 1. The van der Waals surface area contributed by atoms with Gasteiger partial charge in [-0.25, -0.2) is 0 Å². The van der Waals surface area contributed by atoms with E-state index in [1.165, 1.54) is 0 Å².